The van der Waals surface area contributed by atoms with E-state index in [0.717, 1.165) is 32.2 Å². The van der Waals surface area contributed by atoms with Gasteiger partial charge in [-0.15, -0.1) is 0 Å². The summed E-state index contributed by atoms with van der Waals surface area (Å²) in [6.07, 6.45) is 10.1. The van der Waals surface area contributed by atoms with Gasteiger partial charge in [0.1, 0.15) is 11.5 Å². The first-order valence-electron chi connectivity index (χ1n) is 14.1. The summed E-state index contributed by atoms with van der Waals surface area (Å²) >= 11 is 0. The minimum absolute atomic E-state index is 0.0707. The lowest BCUT2D eigenvalue weighted by Gasteiger charge is -2.59. The van der Waals surface area contributed by atoms with Crippen LogP contribution in [-0.4, -0.2) is 29.7 Å². The van der Waals surface area contributed by atoms with Gasteiger partial charge < -0.3 is 10.4 Å². The Bertz CT molecular complexity index is 909. The van der Waals surface area contributed by atoms with Gasteiger partial charge in [0.2, 0.25) is 5.78 Å². The highest BCUT2D eigenvalue weighted by Gasteiger charge is 2.54. The van der Waals surface area contributed by atoms with Crippen molar-refractivity contribution in [2.24, 2.45) is 39.5 Å². The van der Waals surface area contributed by atoms with E-state index >= 15 is 0 Å². The number of nitrogens with zero attached hydrogens (tertiary/aromatic N) is 1. The summed E-state index contributed by atoms with van der Waals surface area (Å²) < 4.78 is 0. The zero-order valence-electron chi connectivity index (χ0n) is 23.5. The summed E-state index contributed by atoms with van der Waals surface area (Å²) in [4.78, 5) is 18.4. The predicted molar refractivity (Wildman–Crippen MR) is 148 cm³/mol. The van der Waals surface area contributed by atoms with Gasteiger partial charge in [0.15, 0.2) is 0 Å². The molecule has 4 atom stereocenters. The molecule has 2 fully saturated rings. The number of aliphatic imine (C=N–C) groups is 1. The zero-order chi connectivity index (χ0) is 26.0. The number of carbonyl (C=O) groups is 1. The van der Waals surface area contributed by atoms with E-state index < -0.39 is 0 Å². The van der Waals surface area contributed by atoms with E-state index in [9.17, 15) is 9.90 Å². The van der Waals surface area contributed by atoms with Crippen LogP contribution in [0.25, 0.3) is 0 Å². The van der Waals surface area contributed by atoms with Crippen molar-refractivity contribution in [3.63, 3.8) is 0 Å². The average molecular weight is 483 g/mol. The maximum Gasteiger partial charge on any atom is 0.210 e. The number of fused-ring (bicyclic) bond motifs is 1. The van der Waals surface area contributed by atoms with E-state index in [1.807, 2.05) is 0 Å². The van der Waals surface area contributed by atoms with Crippen LogP contribution in [0.2, 0.25) is 0 Å². The Kier molecular flexibility index (Phi) is 8.76. The van der Waals surface area contributed by atoms with Gasteiger partial charge in [-0.2, -0.15) is 0 Å². The molecule has 0 amide bonds. The molecule has 0 heterocycles. The van der Waals surface area contributed by atoms with Crippen LogP contribution in [0, 0.1) is 34.5 Å². The second kappa shape index (κ2) is 11.0. The Balaban J connectivity index is 1.97. The largest absolute Gasteiger partial charge is 0.505 e. The van der Waals surface area contributed by atoms with Gasteiger partial charge in [-0.25, -0.2) is 0 Å². The second-order valence-corrected chi connectivity index (χ2v) is 12.9. The number of Topliss-reactive ketones (excluding diaryl/α,β-unsaturated/α-hetero) is 1. The normalized spacial score (nSPS) is 32.9. The van der Waals surface area contributed by atoms with E-state index in [1.54, 1.807) is 6.08 Å². The first kappa shape index (κ1) is 27.7. The van der Waals surface area contributed by atoms with Crippen molar-refractivity contribution in [1.82, 2.24) is 5.32 Å². The Morgan fingerprint density at radius 2 is 1.86 bits per heavy atom. The molecule has 2 N–H and O–H groups in total. The quantitative estimate of drug-likeness (QED) is 0.263. The number of ketones is 1. The van der Waals surface area contributed by atoms with Crippen molar-refractivity contribution in [1.29, 1.82) is 0 Å². The van der Waals surface area contributed by atoms with Gasteiger partial charge in [0, 0.05) is 18.7 Å². The van der Waals surface area contributed by atoms with Gasteiger partial charge >= 0.3 is 0 Å². The molecule has 35 heavy (non-hydrogen) atoms. The minimum atomic E-state index is -0.0870. The van der Waals surface area contributed by atoms with Gasteiger partial charge in [-0.1, -0.05) is 60.6 Å². The third-order valence-electron chi connectivity index (χ3n) is 9.48. The lowest BCUT2D eigenvalue weighted by atomic mass is 9.46. The van der Waals surface area contributed by atoms with Crippen molar-refractivity contribution < 1.29 is 9.90 Å². The Morgan fingerprint density at radius 3 is 2.51 bits per heavy atom. The molecule has 0 aromatic carbocycles. The lowest BCUT2D eigenvalue weighted by molar-refractivity contribution is -0.111. The van der Waals surface area contributed by atoms with Crippen LogP contribution in [0.4, 0.5) is 0 Å². The van der Waals surface area contributed by atoms with Crippen LogP contribution >= 0.6 is 0 Å². The summed E-state index contributed by atoms with van der Waals surface area (Å²) in [6.45, 7) is 21.7. The van der Waals surface area contributed by atoms with E-state index in [1.165, 1.54) is 24.8 Å². The second-order valence-electron chi connectivity index (χ2n) is 12.9. The molecule has 3 rings (SSSR count). The van der Waals surface area contributed by atoms with Crippen molar-refractivity contribution >= 4 is 11.5 Å². The zero-order valence-corrected chi connectivity index (χ0v) is 23.5. The van der Waals surface area contributed by atoms with Crippen LogP contribution in [0.5, 0.6) is 0 Å². The van der Waals surface area contributed by atoms with Crippen molar-refractivity contribution in [2.75, 3.05) is 13.1 Å². The molecule has 0 bridgehead atoms. The summed E-state index contributed by atoms with van der Waals surface area (Å²) in [5.41, 5.74) is 3.14. The average Bonchev–Trinajstić information content (AvgIpc) is 2.78. The smallest absolute Gasteiger partial charge is 0.210 e. The fourth-order valence-corrected chi connectivity index (χ4v) is 6.70. The summed E-state index contributed by atoms with van der Waals surface area (Å²) in [6, 6.07) is 0. The maximum absolute atomic E-state index is 13.7. The number of nitrogens with one attached hydrogen (secondary N) is 1. The summed E-state index contributed by atoms with van der Waals surface area (Å²) in [7, 11) is 0. The van der Waals surface area contributed by atoms with E-state index in [-0.39, 0.29) is 22.4 Å². The van der Waals surface area contributed by atoms with Crippen LogP contribution < -0.4 is 5.32 Å². The number of hydrogen-bond donors (Lipinski definition) is 2. The molecule has 0 radical (unpaired) electrons. The molecule has 4 heteroatoms. The van der Waals surface area contributed by atoms with Crippen LogP contribution in [0.3, 0.4) is 0 Å². The van der Waals surface area contributed by atoms with E-state index in [2.05, 4.69) is 60.4 Å². The molecular formula is C31H50N2O2. The van der Waals surface area contributed by atoms with Crippen molar-refractivity contribution in [2.45, 2.75) is 99.8 Å². The molecule has 0 spiro atoms. The van der Waals surface area contributed by atoms with Gasteiger partial charge in [-0.3, -0.25) is 9.79 Å². The minimum Gasteiger partial charge on any atom is -0.505 e. The molecule has 0 unspecified atom stereocenters. The molecular weight excluding hydrogens is 432 g/mol. The molecule has 0 aliphatic heterocycles. The number of hydrogen-bond acceptors (Lipinski definition) is 4. The van der Waals surface area contributed by atoms with Gasteiger partial charge in [0.05, 0.1) is 5.70 Å². The Morgan fingerprint density at radius 1 is 1.17 bits per heavy atom. The van der Waals surface area contributed by atoms with E-state index in [4.69, 9.17) is 4.99 Å². The monoisotopic (exact) mass is 482 g/mol. The van der Waals surface area contributed by atoms with Crippen LogP contribution in [-0.2, 0) is 4.79 Å². The SMILES string of the molecule is C=C1CCC[C@H]2[C@](C)(CC3=C(O)C(NCCC(C)C)=CC(=NCCC(C)C)C3=O)[C@@H](C)CC[C@]12C. The Hall–Kier alpha value is -1.84. The predicted octanol–water partition coefficient (Wildman–Crippen LogP) is 7.58. The summed E-state index contributed by atoms with van der Waals surface area (Å²) in [5.74, 6) is 2.10. The highest BCUT2D eigenvalue weighted by Crippen LogP contribution is 2.63. The molecule has 3 aliphatic carbocycles. The molecule has 0 aromatic rings. The fourth-order valence-electron chi connectivity index (χ4n) is 6.70. The Labute approximate surface area is 214 Å². The number of aliphatic hydroxyl groups excluding tert-OH is 1. The third kappa shape index (κ3) is 5.78. The topological polar surface area (TPSA) is 61.7 Å². The molecule has 0 saturated heterocycles. The number of carbonyl (C=O) groups excluding carboxylic acids is 1. The highest BCUT2D eigenvalue weighted by molar-refractivity contribution is 6.50. The van der Waals surface area contributed by atoms with Gasteiger partial charge in [-0.05, 0) is 91.9 Å². The van der Waals surface area contributed by atoms with E-state index in [0.29, 0.717) is 53.6 Å². The molecule has 2 saturated carbocycles. The molecule has 0 aromatic heterocycles. The number of aliphatic hydroxyl groups is 1. The summed E-state index contributed by atoms with van der Waals surface area (Å²) in [5, 5.41) is 14.8. The van der Waals surface area contributed by atoms with Gasteiger partial charge in [0.25, 0.3) is 0 Å². The van der Waals surface area contributed by atoms with Crippen LogP contribution in [0.1, 0.15) is 99.8 Å². The van der Waals surface area contributed by atoms with Crippen molar-refractivity contribution in [3.05, 3.63) is 35.3 Å². The maximum atomic E-state index is 13.7. The fraction of sp³-hybridized carbons (Fsp3) is 0.742. The first-order chi connectivity index (χ1) is 16.4. The number of rotatable bonds is 9. The third-order valence-corrected chi connectivity index (χ3v) is 9.48. The van der Waals surface area contributed by atoms with Crippen LogP contribution in [0.15, 0.2) is 40.2 Å². The lowest BCUT2D eigenvalue weighted by Crippen LogP contribution is -2.51. The first-order valence-corrected chi connectivity index (χ1v) is 14.1. The molecule has 4 nitrogen and oxygen atoms in total. The standard InChI is InChI=1S/C31H50N2O2/c1-20(2)13-16-32-25-18-26(33-17-14-21(3)4)29(35)24(28(25)34)19-31(8)23(6)12-15-30(7)22(5)10-9-11-27(30)31/h18,20-21,23,27,32,34H,5,9-17,19H2,1-4,6-8H3/t23-,27+,30+,31+/m0/s1. The molecule has 3 aliphatic rings. The highest BCUT2D eigenvalue weighted by atomic mass is 16.3. The number of allylic oxidation sites excluding steroid dienone is 3. The molecule has 196 valence electrons. The van der Waals surface area contributed by atoms with Crippen molar-refractivity contribution in [3.8, 4) is 0 Å².